The minimum atomic E-state index is -0.420. The Hall–Kier alpha value is -2.67. The molecule has 1 N–H and O–H groups in total. The number of hydrogen-bond donors (Lipinski definition) is 1. The number of aryl methyl sites for hydroxylation is 1. The lowest BCUT2D eigenvalue weighted by Gasteiger charge is -2.08. The molecule has 7 nitrogen and oxygen atoms in total. The number of halogens is 1. The first-order chi connectivity index (χ1) is 11.6. The molecule has 0 bridgehead atoms. The lowest BCUT2D eigenvalue weighted by atomic mass is 10.2. The number of nitrogens with zero attached hydrogens (tertiary/aromatic N) is 4. The first-order valence-electron chi connectivity index (χ1n) is 7.49. The molecule has 0 radical (unpaired) electrons. The van der Waals surface area contributed by atoms with E-state index in [1.165, 1.54) is 6.20 Å². The number of benzene rings is 1. The predicted molar refractivity (Wildman–Crippen MR) is 88.5 cm³/mol. The van der Waals surface area contributed by atoms with Gasteiger partial charge in [-0.2, -0.15) is 10.1 Å². The SMILES string of the molecule is CCn1cc(C(=O)N[C@@H](C)c2nc(-c3ccc(Cl)cc3)no2)cn1. The molecule has 24 heavy (non-hydrogen) atoms. The van der Waals surface area contributed by atoms with Crippen LogP contribution in [0, 0.1) is 0 Å². The molecule has 3 aromatic rings. The highest BCUT2D eigenvalue weighted by atomic mass is 35.5. The van der Waals surface area contributed by atoms with E-state index in [-0.39, 0.29) is 5.91 Å². The number of aromatic nitrogens is 4. The highest BCUT2D eigenvalue weighted by molar-refractivity contribution is 6.30. The molecule has 0 saturated carbocycles. The molecule has 2 heterocycles. The Morgan fingerprint density at radius 3 is 2.79 bits per heavy atom. The average Bonchev–Trinajstić information content (AvgIpc) is 3.25. The first-order valence-corrected chi connectivity index (χ1v) is 7.87. The van der Waals surface area contributed by atoms with Gasteiger partial charge >= 0.3 is 0 Å². The summed E-state index contributed by atoms with van der Waals surface area (Å²) in [6, 6.07) is 6.70. The minimum Gasteiger partial charge on any atom is -0.340 e. The molecule has 3 rings (SSSR count). The Morgan fingerprint density at radius 2 is 2.12 bits per heavy atom. The van der Waals surface area contributed by atoms with Gasteiger partial charge in [-0.05, 0) is 38.1 Å². The summed E-state index contributed by atoms with van der Waals surface area (Å²) in [5.41, 5.74) is 1.28. The fourth-order valence-corrected chi connectivity index (χ4v) is 2.25. The fraction of sp³-hybridized carbons (Fsp3) is 0.250. The summed E-state index contributed by atoms with van der Waals surface area (Å²) in [5.74, 6) is 0.534. The molecule has 1 amide bonds. The van der Waals surface area contributed by atoms with E-state index in [0.717, 1.165) is 5.56 Å². The molecule has 1 aromatic carbocycles. The molecule has 0 aliphatic carbocycles. The van der Waals surface area contributed by atoms with Gasteiger partial charge in [0.2, 0.25) is 11.7 Å². The van der Waals surface area contributed by atoms with E-state index in [4.69, 9.17) is 16.1 Å². The molecule has 8 heteroatoms. The number of rotatable bonds is 5. The second-order valence-electron chi connectivity index (χ2n) is 5.24. The van der Waals surface area contributed by atoms with E-state index in [0.29, 0.717) is 28.8 Å². The monoisotopic (exact) mass is 345 g/mol. The Balaban J connectivity index is 1.70. The van der Waals surface area contributed by atoms with Crippen LogP contribution in [-0.2, 0) is 6.54 Å². The van der Waals surface area contributed by atoms with Crippen molar-refractivity contribution in [3.8, 4) is 11.4 Å². The van der Waals surface area contributed by atoms with Gasteiger partial charge in [0.15, 0.2) is 0 Å². The highest BCUT2D eigenvalue weighted by Gasteiger charge is 2.19. The first kappa shape index (κ1) is 16.2. The molecule has 0 aliphatic heterocycles. The zero-order chi connectivity index (χ0) is 17.1. The molecule has 0 unspecified atom stereocenters. The van der Waals surface area contributed by atoms with Crippen LogP contribution in [0.15, 0.2) is 41.2 Å². The Kier molecular flexibility index (Phi) is 4.61. The Morgan fingerprint density at radius 1 is 1.38 bits per heavy atom. The number of hydrogen-bond acceptors (Lipinski definition) is 5. The third-order valence-corrected chi connectivity index (χ3v) is 3.73. The largest absolute Gasteiger partial charge is 0.340 e. The average molecular weight is 346 g/mol. The van der Waals surface area contributed by atoms with Crippen LogP contribution in [-0.4, -0.2) is 25.8 Å². The van der Waals surface area contributed by atoms with E-state index < -0.39 is 6.04 Å². The van der Waals surface area contributed by atoms with Crippen LogP contribution < -0.4 is 5.32 Å². The number of carbonyl (C=O) groups is 1. The van der Waals surface area contributed by atoms with Crippen LogP contribution in [0.1, 0.15) is 36.1 Å². The second-order valence-corrected chi connectivity index (χ2v) is 5.68. The van der Waals surface area contributed by atoms with Crippen molar-refractivity contribution in [3.63, 3.8) is 0 Å². The maximum atomic E-state index is 12.2. The summed E-state index contributed by atoms with van der Waals surface area (Å²) in [4.78, 5) is 16.5. The molecule has 0 fully saturated rings. The highest BCUT2D eigenvalue weighted by Crippen LogP contribution is 2.20. The molecule has 0 aliphatic rings. The number of nitrogens with one attached hydrogen (secondary N) is 1. The zero-order valence-corrected chi connectivity index (χ0v) is 14.0. The van der Waals surface area contributed by atoms with Gasteiger partial charge in [-0.1, -0.05) is 16.8 Å². The van der Waals surface area contributed by atoms with Crippen molar-refractivity contribution in [3.05, 3.63) is 53.1 Å². The maximum Gasteiger partial charge on any atom is 0.255 e. The van der Waals surface area contributed by atoms with Crippen molar-refractivity contribution in [2.45, 2.75) is 26.4 Å². The predicted octanol–water partition coefficient (Wildman–Crippen LogP) is 3.10. The lowest BCUT2D eigenvalue weighted by molar-refractivity contribution is 0.0932. The van der Waals surface area contributed by atoms with Crippen molar-refractivity contribution in [1.82, 2.24) is 25.2 Å². The van der Waals surface area contributed by atoms with Crippen molar-refractivity contribution in [2.75, 3.05) is 0 Å². The third kappa shape index (κ3) is 3.46. The van der Waals surface area contributed by atoms with E-state index in [2.05, 4.69) is 20.6 Å². The summed E-state index contributed by atoms with van der Waals surface area (Å²) >= 11 is 5.86. The summed E-state index contributed by atoms with van der Waals surface area (Å²) in [5, 5.41) is 11.5. The van der Waals surface area contributed by atoms with E-state index >= 15 is 0 Å². The minimum absolute atomic E-state index is 0.242. The van der Waals surface area contributed by atoms with Crippen LogP contribution >= 0.6 is 11.6 Å². The molecule has 1 atom stereocenters. The van der Waals surface area contributed by atoms with Gasteiger partial charge in [-0.3, -0.25) is 9.48 Å². The number of carbonyl (C=O) groups excluding carboxylic acids is 1. The van der Waals surface area contributed by atoms with Gasteiger partial charge in [0.1, 0.15) is 6.04 Å². The Labute approximate surface area is 143 Å². The van der Waals surface area contributed by atoms with Gasteiger partial charge in [0.05, 0.1) is 11.8 Å². The van der Waals surface area contributed by atoms with E-state index in [9.17, 15) is 4.79 Å². The smallest absolute Gasteiger partial charge is 0.255 e. The summed E-state index contributed by atoms with van der Waals surface area (Å²) in [7, 11) is 0. The van der Waals surface area contributed by atoms with Crippen molar-refractivity contribution in [1.29, 1.82) is 0 Å². The normalized spacial score (nSPS) is 12.1. The van der Waals surface area contributed by atoms with E-state index in [1.54, 1.807) is 42.1 Å². The second kappa shape index (κ2) is 6.84. The quantitative estimate of drug-likeness (QED) is 0.767. The third-order valence-electron chi connectivity index (χ3n) is 3.48. The van der Waals surface area contributed by atoms with Crippen LogP contribution in [0.4, 0.5) is 0 Å². The molecular formula is C16H16ClN5O2. The standard InChI is InChI=1S/C16H16ClN5O2/c1-3-22-9-12(8-18-22)15(23)19-10(2)16-20-14(21-24-16)11-4-6-13(17)7-5-11/h4-10H,3H2,1-2H3,(H,19,23)/t10-/m0/s1. The van der Waals surface area contributed by atoms with Crippen LogP contribution in [0.3, 0.4) is 0 Å². The van der Waals surface area contributed by atoms with Crippen molar-refractivity contribution < 1.29 is 9.32 Å². The maximum absolute atomic E-state index is 12.2. The summed E-state index contributed by atoms with van der Waals surface area (Å²) < 4.78 is 6.93. The lowest BCUT2D eigenvalue weighted by Crippen LogP contribution is -2.26. The van der Waals surface area contributed by atoms with Gasteiger partial charge in [-0.15, -0.1) is 0 Å². The molecule has 0 spiro atoms. The molecule has 124 valence electrons. The zero-order valence-electron chi connectivity index (χ0n) is 13.2. The summed E-state index contributed by atoms with van der Waals surface area (Å²) in [6.07, 6.45) is 3.22. The van der Waals surface area contributed by atoms with Gasteiger partial charge in [0, 0.05) is 23.3 Å². The molecular weight excluding hydrogens is 330 g/mol. The topological polar surface area (TPSA) is 85.8 Å². The number of amides is 1. The molecule has 2 aromatic heterocycles. The molecule has 0 saturated heterocycles. The van der Waals surface area contributed by atoms with E-state index in [1.807, 2.05) is 6.92 Å². The van der Waals surface area contributed by atoms with Gasteiger partial charge < -0.3 is 9.84 Å². The van der Waals surface area contributed by atoms with Crippen molar-refractivity contribution >= 4 is 17.5 Å². The fourth-order valence-electron chi connectivity index (χ4n) is 2.12. The van der Waals surface area contributed by atoms with Crippen molar-refractivity contribution in [2.24, 2.45) is 0 Å². The van der Waals surface area contributed by atoms with Crippen LogP contribution in [0.25, 0.3) is 11.4 Å². The van der Waals surface area contributed by atoms with Crippen LogP contribution in [0.5, 0.6) is 0 Å². The van der Waals surface area contributed by atoms with Crippen LogP contribution in [0.2, 0.25) is 5.02 Å². The van der Waals surface area contributed by atoms with Gasteiger partial charge in [-0.25, -0.2) is 0 Å². The Bertz CT molecular complexity index is 840. The van der Waals surface area contributed by atoms with Gasteiger partial charge in [0.25, 0.3) is 5.91 Å². The summed E-state index contributed by atoms with van der Waals surface area (Å²) in [6.45, 7) is 4.44.